The van der Waals surface area contributed by atoms with E-state index in [0.29, 0.717) is 12.1 Å². The summed E-state index contributed by atoms with van der Waals surface area (Å²) in [4.78, 5) is 2.23. The van der Waals surface area contributed by atoms with Crippen LogP contribution in [0.15, 0.2) is 24.3 Å². The molecule has 0 aliphatic heterocycles. The van der Waals surface area contributed by atoms with E-state index in [1.165, 1.54) is 11.1 Å². The molecule has 1 rings (SSSR count). The first kappa shape index (κ1) is 13.2. The van der Waals surface area contributed by atoms with Crippen molar-refractivity contribution in [2.45, 2.75) is 32.9 Å². The average molecular weight is 220 g/mol. The van der Waals surface area contributed by atoms with E-state index in [0.717, 1.165) is 6.54 Å². The highest BCUT2D eigenvalue weighted by Gasteiger charge is 2.08. The van der Waals surface area contributed by atoms with Crippen molar-refractivity contribution >= 4 is 0 Å². The van der Waals surface area contributed by atoms with Crippen LogP contribution in [0.5, 0.6) is 0 Å². The summed E-state index contributed by atoms with van der Waals surface area (Å²) < 4.78 is 0. The number of likely N-dealkylation sites (N-methyl/N-ethyl adjacent to an activating group) is 1. The minimum absolute atomic E-state index is 0.419. The quantitative estimate of drug-likeness (QED) is 0.820. The second-order valence-corrected chi connectivity index (χ2v) is 4.85. The van der Waals surface area contributed by atoms with Crippen molar-refractivity contribution in [3.63, 3.8) is 0 Å². The fraction of sp³-hybridized carbons (Fsp3) is 0.571. The highest BCUT2D eigenvalue weighted by atomic mass is 15.1. The van der Waals surface area contributed by atoms with Crippen LogP contribution in [0.1, 0.15) is 31.0 Å². The van der Waals surface area contributed by atoms with E-state index in [2.05, 4.69) is 69.3 Å². The van der Waals surface area contributed by atoms with Crippen LogP contribution in [0.4, 0.5) is 0 Å². The van der Waals surface area contributed by atoms with Gasteiger partial charge in [-0.2, -0.15) is 0 Å². The fourth-order valence-corrected chi connectivity index (χ4v) is 1.50. The van der Waals surface area contributed by atoms with E-state index in [9.17, 15) is 0 Å². The molecule has 0 aliphatic rings. The zero-order valence-corrected chi connectivity index (χ0v) is 11.1. The molecule has 0 saturated carbocycles. The Hall–Kier alpha value is -0.860. The molecule has 16 heavy (non-hydrogen) atoms. The Kier molecular flexibility index (Phi) is 4.97. The third-order valence-electron chi connectivity index (χ3n) is 3.18. The van der Waals surface area contributed by atoms with Crippen molar-refractivity contribution in [2.24, 2.45) is 0 Å². The molecule has 0 aliphatic carbocycles. The molecule has 2 atom stereocenters. The van der Waals surface area contributed by atoms with Crippen LogP contribution in [-0.4, -0.2) is 31.6 Å². The molecule has 90 valence electrons. The van der Waals surface area contributed by atoms with Gasteiger partial charge in [-0.1, -0.05) is 29.8 Å². The van der Waals surface area contributed by atoms with Gasteiger partial charge in [0.1, 0.15) is 0 Å². The Morgan fingerprint density at radius 2 is 1.69 bits per heavy atom. The van der Waals surface area contributed by atoms with Gasteiger partial charge in [0.05, 0.1) is 0 Å². The number of nitrogens with zero attached hydrogens (tertiary/aromatic N) is 1. The van der Waals surface area contributed by atoms with Crippen LogP contribution in [0, 0.1) is 6.92 Å². The monoisotopic (exact) mass is 220 g/mol. The average Bonchev–Trinajstić information content (AvgIpc) is 2.26. The molecule has 0 spiro atoms. The molecule has 0 saturated heterocycles. The number of benzene rings is 1. The molecule has 0 fully saturated rings. The first-order valence-corrected chi connectivity index (χ1v) is 5.97. The summed E-state index contributed by atoms with van der Waals surface area (Å²) in [6, 6.07) is 9.72. The van der Waals surface area contributed by atoms with Gasteiger partial charge >= 0.3 is 0 Å². The van der Waals surface area contributed by atoms with Crippen LogP contribution in [0.25, 0.3) is 0 Å². The molecule has 2 heteroatoms. The topological polar surface area (TPSA) is 15.3 Å². The summed E-state index contributed by atoms with van der Waals surface area (Å²) in [5, 5.41) is 3.56. The van der Waals surface area contributed by atoms with E-state index >= 15 is 0 Å². The number of hydrogen-bond donors (Lipinski definition) is 1. The Labute approximate surface area is 99.7 Å². The smallest absolute Gasteiger partial charge is 0.0292 e. The summed E-state index contributed by atoms with van der Waals surface area (Å²) in [5.41, 5.74) is 2.68. The SMILES string of the molecule is Cc1ccc(C(C)NCC(C)N(C)C)cc1. The van der Waals surface area contributed by atoms with Crippen molar-refractivity contribution in [3.05, 3.63) is 35.4 Å². The van der Waals surface area contributed by atoms with E-state index in [-0.39, 0.29) is 0 Å². The van der Waals surface area contributed by atoms with Crippen LogP contribution < -0.4 is 5.32 Å². The summed E-state index contributed by atoms with van der Waals surface area (Å²) >= 11 is 0. The Balaban J connectivity index is 2.46. The molecule has 0 bridgehead atoms. The van der Waals surface area contributed by atoms with Gasteiger partial charge in [0.25, 0.3) is 0 Å². The van der Waals surface area contributed by atoms with E-state index in [4.69, 9.17) is 0 Å². The van der Waals surface area contributed by atoms with Gasteiger partial charge in [0, 0.05) is 18.6 Å². The second-order valence-electron chi connectivity index (χ2n) is 4.85. The van der Waals surface area contributed by atoms with Crippen LogP contribution in [-0.2, 0) is 0 Å². The zero-order valence-electron chi connectivity index (χ0n) is 11.1. The number of hydrogen-bond acceptors (Lipinski definition) is 2. The van der Waals surface area contributed by atoms with Gasteiger partial charge in [-0.25, -0.2) is 0 Å². The Morgan fingerprint density at radius 1 is 1.12 bits per heavy atom. The normalized spacial score (nSPS) is 15.1. The third kappa shape index (κ3) is 3.95. The van der Waals surface area contributed by atoms with Crippen molar-refractivity contribution in [1.82, 2.24) is 10.2 Å². The molecule has 0 radical (unpaired) electrons. The molecular weight excluding hydrogens is 196 g/mol. The molecule has 0 heterocycles. The van der Waals surface area contributed by atoms with Crippen molar-refractivity contribution in [3.8, 4) is 0 Å². The molecule has 1 N–H and O–H groups in total. The fourth-order valence-electron chi connectivity index (χ4n) is 1.50. The highest BCUT2D eigenvalue weighted by Crippen LogP contribution is 2.12. The third-order valence-corrected chi connectivity index (χ3v) is 3.18. The van der Waals surface area contributed by atoms with Gasteiger partial charge in [-0.15, -0.1) is 0 Å². The highest BCUT2D eigenvalue weighted by molar-refractivity contribution is 5.23. The lowest BCUT2D eigenvalue weighted by Gasteiger charge is -2.23. The lowest BCUT2D eigenvalue weighted by molar-refractivity contribution is 0.295. The first-order chi connectivity index (χ1) is 7.50. The van der Waals surface area contributed by atoms with Crippen LogP contribution >= 0.6 is 0 Å². The van der Waals surface area contributed by atoms with Crippen LogP contribution in [0.3, 0.4) is 0 Å². The lowest BCUT2D eigenvalue weighted by Crippen LogP contribution is -2.36. The predicted octanol–water partition coefficient (Wildman–Crippen LogP) is 2.60. The molecule has 1 aromatic carbocycles. The molecule has 2 nitrogen and oxygen atoms in total. The number of nitrogens with one attached hydrogen (secondary N) is 1. The zero-order chi connectivity index (χ0) is 12.1. The maximum Gasteiger partial charge on any atom is 0.0292 e. The molecule has 0 aromatic heterocycles. The maximum atomic E-state index is 3.56. The summed E-state index contributed by atoms with van der Waals surface area (Å²) in [6.07, 6.45) is 0. The summed E-state index contributed by atoms with van der Waals surface area (Å²) in [6.45, 7) is 7.58. The molecule has 1 aromatic rings. The largest absolute Gasteiger partial charge is 0.309 e. The Bertz CT molecular complexity index is 303. The van der Waals surface area contributed by atoms with E-state index < -0.39 is 0 Å². The minimum Gasteiger partial charge on any atom is -0.309 e. The van der Waals surface area contributed by atoms with Crippen LogP contribution in [0.2, 0.25) is 0 Å². The van der Waals surface area contributed by atoms with Crippen molar-refractivity contribution in [2.75, 3.05) is 20.6 Å². The van der Waals surface area contributed by atoms with E-state index in [1.807, 2.05) is 0 Å². The molecule has 0 amide bonds. The van der Waals surface area contributed by atoms with Crippen molar-refractivity contribution < 1.29 is 0 Å². The predicted molar refractivity (Wildman–Crippen MR) is 70.7 cm³/mol. The first-order valence-electron chi connectivity index (χ1n) is 5.97. The Morgan fingerprint density at radius 3 is 2.19 bits per heavy atom. The second kappa shape index (κ2) is 6.02. The molecule has 2 unspecified atom stereocenters. The maximum absolute atomic E-state index is 3.56. The van der Waals surface area contributed by atoms with Gasteiger partial charge in [0.15, 0.2) is 0 Å². The summed E-state index contributed by atoms with van der Waals surface area (Å²) in [7, 11) is 4.23. The van der Waals surface area contributed by atoms with Gasteiger partial charge < -0.3 is 10.2 Å². The van der Waals surface area contributed by atoms with Crippen molar-refractivity contribution in [1.29, 1.82) is 0 Å². The van der Waals surface area contributed by atoms with E-state index in [1.54, 1.807) is 0 Å². The van der Waals surface area contributed by atoms with Gasteiger partial charge in [-0.3, -0.25) is 0 Å². The standard InChI is InChI=1S/C14H24N2/c1-11-6-8-14(9-7-11)13(3)15-10-12(2)16(4)5/h6-9,12-13,15H,10H2,1-5H3. The molecular formula is C14H24N2. The number of rotatable bonds is 5. The lowest BCUT2D eigenvalue weighted by atomic mass is 10.1. The van der Waals surface area contributed by atoms with Gasteiger partial charge in [-0.05, 0) is 40.4 Å². The summed E-state index contributed by atoms with van der Waals surface area (Å²) in [5.74, 6) is 0. The van der Waals surface area contributed by atoms with Gasteiger partial charge in [0.2, 0.25) is 0 Å². The minimum atomic E-state index is 0.419. The number of aryl methyl sites for hydroxylation is 1.